The van der Waals surface area contributed by atoms with Crippen LogP contribution in [0.5, 0.6) is 0 Å². The molecule has 96 valence electrons. The molecule has 1 heterocycles. The lowest BCUT2D eigenvalue weighted by molar-refractivity contribution is -0.137. The van der Waals surface area contributed by atoms with Gasteiger partial charge in [0.2, 0.25) is 0 Å². The lowest BCUT2D eigenvalue weighted by atomic mass is 10.2. The Labute approximate surface area is 101 Å². The van der Waals surface area contributed by atoms with Gasteiger partial charge in [-0.25, -0.2) is 0 Å². The van der Waals surface area contributed by atoms with Crippen LogP contribution >= 0.6 is 0 Å². The maximum Gasteiger partial charge on any atom is 0.304 e. The summed E-state index contributed by atoms with van der Waals surface area (Å²) in [6.07, 6.45) is 1.17. The molecule has 0 aliphatic heterocycles. The van der Waals surface area contributed by atoms with Crippen molar-refractivity contribution in [2.24, 2.45) is 0 Å². The Morgan fingerprint density at radius 3 is 2.59 bits per heavy atom. The minimum Gasteiger partial charge on any atom is -0.481 e. The first-order valence-electron chi connectivity index (χ1n) is 5.90. The van der Waals surface area contributed by atoms with Crippen LogP contribution in [0.4, 0.5) is 0 Å². The summed E-state index contributed by atoms with van der Waals surface area (Å²) in [6.45, 7) is 8.04. The van der Waals surface area contributed by atoms with Gasteiger partial charge in [-0.1, -0.05) is 12.1 Å². The van der Waals surface area contributed by atoms with Crippen LogP contribution in [0.25, 0.3) is 0 Å². The van der Waals surface area contributed by atoms with Crippen LogP contribution < -0.4 is 0 Å². The molecule has 17 heavy (non-hydrogen) atoms. The van der Waals surface area contributed by atoms with E-state index >= 15 is 0 Å². The first-order chi connectivity index (χ1) is 8.04. The Balaban J connectivity index is 2.62. The SMILES string of the molecule is CCCN(CCC(=O)O)Cc1c(C)noc1C. The van der Waals surface area contributed by atoms with E-state index in [9.17, 15) is 4.79 Å². The summed E-state index contributed by atoms with van der Waals surface area (Å²) in [5.41, 5.74) is 1.96. The van der Waals surface area contributed by atoms with E-state index in [-0.39, 0.29) is 6.42 Å². The average molecular weight is 240 g/mol. The molecule has 0 amide bonds. The number of hydrogen-bond donors (Lipinski definition) is 1. The van der Waals surface area contributed by atoms with Crippen molar-refractivity contribution in [1.82, 2.24) is 10.1 Å². The highest BCUT2D eigenvalue weighted by molar-refractivity contribution is 5.66. The fourth-order valence-electron chi connectivity index (χ4n) is 1.79. The maximum atomic E-state index is 10.6. The second-order valence-electron chi connectivity index (χ2n) is 4.22. The van der Waals surface area contributed by atoms with Gasteiger partial charge in [-0.15, -0.1) is 0 Å². The van der Waals surface area contributed by atoms with E-state index in [4.69, 9.17) is 9.63 Å². The van der Waals surface area contributed by atoms with E-state index in [1.807, 2.05) is 13.8 Å². The number of carboxylic acids is 1. The molecule has 1 N–H and O–H groups in total. The normalized spacial score (nSPS) is 11.1. The number of nitrogens with zero attached hydrogens (tertiary/aromatic N) is 2. The molecule has 0 aliphatic carbocycles. The molecule has 0 fully saturated rings. The highest BCUT2D eigenvalue weighted by atomic mass is 16.5. The van der Waals surface area contributed by atoms with E-state index in [1.54, 1.807) is 0 Å². The van der Waals surface area contributed by atoms with Crippen molar-refractivity contribution in [2.75, 3.05) is 13.1 Å². The molecule has 1 aromatic rings. The molecule has 0 bridgehead atoms. The molecule has 5 heteroatoms. The van der Waals surface area contributed by atoms with Crippen LogP contribution in [0.2, 0.25) is 0 Å². The van der Waals surface area contributed by atoms with Crippen LogP contribution in [-0.4, -0.2) is 34.2 Å². The van der Waals surface area contributed by atoms with Gasteiger partial charge in [0, 0.05) is 18.7 Å². The van der Waals surface area contributed by atoms with Crippen molar-refractivity contribution in [2.45, 2.75) is 40.2 Å². The monoisotopic (exact) mass is 240 g/mol. The molecule has 0 aliphatic rings. The Kier molecular flexibility index (Phi) is 5.15. The van der Waals surface area contributed by atoms with Crippen molar-refractivity contribution in [3.05, 3.63) is 17.0 Å². The zero-order chi connectivity index (χ0) is 12.8. The summed E-state index contributed by atoms with van der Waals surface area (Å²) in [7, 11) is 0. The number of aromatic nitrogens is 1. The fraction of sp³-hybridized carbons (Fsp3) is 0.667. The molecule has 1 rings (SSSR count). The summed E-state index contributed by atoms with van der Waals surface area (Å²) in [6, 6.07) is 0. The minimum atomic E-state index is -0.759. The molecular weight excluding hydrogens is 220 g/mol. The largest absolute Gasteiger partial charge is 0.481 e. The van der Waals surface area contributed by atoms with Gasteiger partial charge < -0.3 is 9.63 Å². The number of carbonyl (C=O) groups is 1. The Hall–Kier alpha value is -1.36. The van der Waals surface area contributed by atoms with Gasteiger partial charge in [0.05, 0.1) is 12.1 Å². The molecule has 5 nitrogen and oxygen atoms in total. The zero-order valence-electron chi connectivity index (χ0n) is 10.7. The molecule has 1 aromatic heterocycles. The smallest absolute Gasteiger partial charge is 0.304 e. The van der Waals surface area contributed by atoms with Gasteiger partial charge in [0.1, 0.15) is 5.76 Å². The predicted octanol–water partition coefficient (Wildman–Crippen LogP) is 1.98. The highest BCUT2D eigenvalue weighted by Gasteiger charge is 2.14. The van der Waals surface area contributed by atoms with Gasteiger partial charge in [-0.3, -0.25) is 9.69 Å². The first kappa shape index (κ1) is 13.7. The first-order valence-corrected chi connectivity index (χ1v) is 5.90. The molecule has 0 radical (unpaired) electrons. The number of carboxylic acid groups (broad SMARTS) is 1. The molecule has 0 saturated heterocycles. The van der Waals surface area contributed by atoms with Gasteiger partial charge in [-0.05, 0) is 26.8 Å². The summed E-state index contributed by atoms with van der Waals surface area (Å²) in [5, 5.41) is 12.6. The summed E-state index contributed by atoms with van der Waals surface area (Å²) >= 11 is 0. The van der Waals surface area contributed by atoms with E-state index in [1.165, 1.54) is 0 Å². The fourth-order valence-corrected chi connectivity index (χ4v) is 1.79. The van der Waals surface area contributed by atoms with Gasteiger partial charge in [0.15, 0.2) is 0 Å². The average Bonchev–Trinajstić information content (AvgIpc) is 2.57. The number of rotatable bonds is 7. The summed E-state index contributed by atoms with van der Waals surface area (Å²) in [4.78, 5) is 12.7. The van der Waals surface area contributed by atoms with Crippen LogP contribution in [-0.2, 0) is 11.3 Å². The van der Waals surface area contributed by atoms with Gasteiger partial charge in [-0.2, -0.15) is 0 Å². The molecule has 0 atom stereocenters. The maximum absolute atomic E-state index is 10.6. The molecule has 0 spiro atoms. The summed E-state index contributed by atoms with van der Waals surface area (Å²) < 4.78 is 5.11. The topological polar surface area (TPSA) is 66.6 Å². The van der Waals surface area contributed by atoms with Gasteiger partial charge in [0.25, 0.3) is 0 Å². The van der Waals surface area contributed by atoms with Crippen molar-refractivity contribution in [1.29, 1.82) is 0 Å². The van der Waals surface area contributed by atoms with Crippen LogP contribution in [0.3, 0.4) is 0 Å². The lowest BCUT2D eigenvalue weighted by Gasteiger charge is -2.20. The van der Waals surface area contributed by atoms with Crippen molar-refractivity contribution in [3.63, 3.8) is 0 Å². The lowest BCUT2D eigenvalue weighted by Crippen LogP contribution is -2.27. The van der Waals surface area contributed by atoms with Gasteiger partial charge >= 0.3 is 5.97 Å². The molecular formula is C12H20N2O3. The quantitative estimate of drug-likeness (QED) is 0.789. The minimum absolute atomic E-state index is 0.170. The predicted molar refractivity (Wildman–Crippen MR) is 63.8 cm³/mol. The third-order valence-electron chi connectivity index (χ3n) is 2.74. The molecule has 0 aromatic carbocycles. The Bertz CT molecular complexity index is 354. The molecule has 0 unspecified atom stereocenters. The van der Waals surface area contributed by atoms with Crippen LogP contribution in [0.15, 0.2) is 4.52 Å². The Morgan fingerprint density at radius 2 is 2.12 bits per heavy atom. The highest BCUT2D eigenvalue weighted by Crippen LogP contribution is 2.15. The van der Waals surface area contributed by atoms with Crippen molar-refractivity contribution < 1.29 is 14.4 Å². The van der Waals surface area contributed by atoms with Crippen LogP contribution in [0.1, 0.15) is 36.8 Å². The molecule has 0 saturated carbocycles. The summed E-state index contributed by atoms with van der Waals surface area (Å²) in [5.74, 6) is 0.0591. The van der Waals surface area contributed by atoms with Crippen LogP contribution in [0, 0.1) is 13.8 Å². The second kappa shape index (κ2) is 6.39. The van der Waals surface area contributed by atoms with E-state index < -0.39 is 5.97 Å². The zero-order valence-corrected chi connectivity index (χ0v) is 10.7. The number of aliphatic carboxylic acids is 1. The standard InChI is InChI=1S/C12H20N2O3/c1-4-6-14(7-5-12(15)16)8-11-9(2)13-17-10(11)3/h4-8H2,1-3H3,(H,15,16). The van der Waals surface area contributed by atoms with E-state index in [2.05, 4.69) is 17.0 Å². The van der Waals surface area contributed by atoms with Crippen molar-refractivity contribution in [3.8, 4) is 0 Å². The number of hydrogen-bond acceptors (Lipinski definition) is 4. The Morgan fingerprint density at radius 1 is 1.41 bits per heavy atom. The third kappa shape index (κ3) is 4.19. The number of aryl methyl sites for hydroxylation is 2. The van der Waals surface area contributed by atoms with E-state index in [0.29, 0.717) is 13.1 Å². The second-order valence-corrected chi connectivity index (χ2v) is 4.22. The third-order valence-corrected chi connectivity index (χ3v) is 2.74. The van der Waals surface area contributed by atoms with Crippen molar-refractivity contribution >= 4 is 5.97 Å². The van der Waals surface area contributed by atoms with E-state index in [0.717, 1.165) is 30.0 Å².